The highest BCUT2D eigenvalue weighted by Gasteiger charge is 2.27. The summed E-state index contributed by atoms with van der Waals surface area (Å²) in [4.78, 5) is 40.2. The molecule has 0 saturated heterocycles. The molecular formula is C24H20ClF2N9O2. The van der Waals surface area contributed by atoms with Gasteiger partial charge in [-0.05, 0) is 24.3 Å². The van der Waals surface area contributed by atoms with Crippen molar-refractivity contribution in [3.63, 3.8) is 0 Å². The van der Waals surface area contributed by atoms with Crippen LogP contribution in [0.3, 0.4) is 0 Å². The van der Waals surface area contributed by atoms with Crippen LogP contribution in [0.5, 0.6) is 0 Å². The molecule has 0 bridgehead atoms. The predicted molar refractivity (Wildman–Crippen MR) is 138 cm³/mol. The summed E-state index contributed by atoms with van der Waals surface area (Å²) in [5.74, 6) is -3.04. The van der Waals surface area contributed by atoms with Gasteiger partial charge >= 0.3 is 0 Å². The summed E-state index contributed by atoms with van der Waals surface area (Å²) in [5, 5.41) is 12.6. The maximum Gasteiger partial charge on any atom is 0.267 e. The molecule has 0 fully saturated rings. The Morgan fingerprint density at radius 2 is 1.87 bits per heavy atom. The number of nitriles is 1. The molecule has 0 saturated carbocycles. The van der Waals surface area contributed by atoms with Gasteiger partial charge in [0.05, 0.1) is 34.1 Å². The predicted octanol–water partition coefficient (Wildman–Crippen LogP) is 2.77. The van der Waals surface area contributed by atoms with Crippen molar-refractivity contribution >= 4 is 46.0 Å². The lowest BCUT2D eigenvalue weighted by atomic mass is 10.1. The lowest BCUT2D eigenvalue weighted by molar-refractivity contribution is -0.129. The summed E-state index contributed by atoms with van der Waals surface area (Å²) < 4.78 is 29.5. The van der Waals surface area contributed by atoms with Crippen molar-refractivity contribution in [3.05, 3.63) is 74.8 Å². The molecule has 2 heterocycles. The summed E-state index contributed by atoms with van der Waals surface area (Å²) >= 11 is 6.29. The highest BCUT2D eigenvalue weighted by molar-refractivity contribution is 6.35. The molecule has 0 aliphatic carbocycles. The quantitative estimate of drug-likeness (QED) is 0.333. The van der Waals surface area contributed by atoms with Crippen molar-refractivity contribution in [1.29, 1.82) is 5.26 Å². The number of aromatic nitrogens is 4. The van der Waals surface area contributed by atoms with Crippen molar-refractivity contribution in [1.82, 2.24) is 24.4 Å². The Labute approximate surface area is 219 Å². The second-order valence-corrected chi connectivity index (χ2v) is 8.77. The van der Waals surface area contributed by atoms with Gasteiger partial charge < -0.3 is 21.7 Å². The number of rotatable bonds is 6. The maximum atomic E-state index is 14.3. The van der Waals surface area contributed by atoms with Crippen LogP contribution < -0.4 is 22.3 Å². The van der Waals surface area contributed by atoms with Crippen LogP contribution in [0.1, 0.15) is 23.9 Å². The highest BCUT2D eigenvalue weighted by Crippen LogP contribution is 2.29. The van der Waals surface area contributed by atoms with Gasteiger partial charge in [0.25, 0.3) is 5.56 Å². The maximum absolute atomic E-state index is 14.3. The zero-order valence-electron chi connectivity index (χ0n) is 20.0. The third kappa shape index (κ3) is 5.02. The van der Waals surface area contributed by atoms with Gasteiger partial charge in [-0.15, -0.1) is 0 Å². The Hall–Kier alpha value is -4.83. The number of carbonyl (C=O) groups is 1. The number of nitrogens with two attached hydrogens (primary N) is 2. The standard InChI is InChI=1S/C24H20ClF2N9O2/c1-35(2)18(37)9-17(31-21-14(10-28)20(29)33-24(30)34-21)22-32-16-5-3-4-15(25)19(16)23(38)36(22)13-7-11(26)6-12(27)8-13/h3-8,17H,9H2,1-2H3,(H5,29,30,31,33,34)/t17-/m0/s1. The molecule has 0 aliphatic heterocycles. The van der Waals surface area contributed by atoms with E-state index in [1.165, 1.54) is 31.1 Å². The van der Waals surface area contributed by atoms with E-state index in [4.69, 9.17) is 23.1 Å². The van der Waals surface area contributed by atoms with Gasteiger partial charge in [0.2, 0.25) is 11.9 Å². The van der Waals surface area contributed by atoms with Crippen LogP contribution in [0.25, 0.3) is 16.6 Å². The van der Waals surface area contributed by atoms with Gasteiger partial charge in [-0.2, -0.15) is 15.2 Å². The van der Waals surface area contributed by atoms with E-state index in [1.54, 1.807) is 6.07 Å². The number of benzene rings is 2. The number of carbonyl (C=O) groups excluding carboxylic acids is 1. The normalized spacial score (nSPS) is 11.7. The third-order valence-electron chi connectivity index (χ3n) is 5.54. The molecule has 2 aromatic heterocycles. The smallest absolute Gasteiger partial charge is 0.267 e. The fourth-order valence-corrected chi connectivity index (χ4v) is 4.05. The summed E-state index contributed by atoms with van der Waals surface area (Å²) in [6.07, 6.45) is -0.321. The first-order valence-electron chi connectivity index (χ1n) is 11.0. The van der Waals surface area contributed by atoms with Gasteiger partial charge in [0, 0.05) is 20.2 Å². The summed E-state index contributed by atoms with van der Waals surface area (Å²) in [7, 11) is 3.03. The van der Waals surface area contributed by atoms with Crippen molar-refractivity contribution in [3.8, 4) is 11.8 Å². The van der Waals surface area contributed by atoms with Crippen LogP contribution in [-0.4, -0.2) is 44.4 Å². The van der Waals surface area contributed by atoms with Crippen molar-refractivity contribution in [2.24, 2.45) is 0 Å². The number of nitrogens with one attached hydrogen (secondary N) is 1. The number of anilines is 3. The molecule has 38 heavy (non-hydrogen) atoms. The average molecular weight is 540 g/mol. The van der Waals surface area contributed by atoms with Gasteiger partial charge in [0.1, 0.15) is 34.9 Å². The molecule has 1 atom stereocenters. The molecule has 5 N–H and O–H groups in total. The van der Waals surface area contributed by atoms with E-state index in [1.807, 2.05) is 6.07 Å². The van der Waals surface area contributed by atoms with E-state index in [0.29, 0.717) is 6.07 Å². The summed E-state index contributed by atoms with van der Waals surface area (Å²) in [6.45, 7) is 0. The molecule has 0 radical (unpaired) electrons. The molecular weight excluding hydrogens is 520 g/mol. The average Bonchev–Trinajstić information content (AvgIpc) is 2.82. The molecule has 1 amide bonds. The lowest BCUT2D eigenvalue weighted by Crippen LogP contribution is -2.32. The Balaban J connectivity index is 2.06. The van der Waals surface area contributed by atoms with E-state index >= 15 is 0 Å². The molecule has 11 nitrogen and oxygen atoms in total. The topological polar surface area (TPSA) is 169 Å². The van der Waals surface area contributed by atoms with Crippen LogP contribution in [0.2, 0.25) is 5.02 Å². The Morgan fingerprint density at radius 1 is 1.18 bits per heavy atom. The van der Waals surface area contributed by atoms with Crippen LogP contribution in [0.15, 0.2) is 41.2 Å². The largest absolute Gasteiger partial charge is 0.382 e. The zero-order chi connectivity index (χ0) is 27.7. The Morgan fingerprint density at radius 3 is 2.50 bits per heavy atom. The van der Waals surface area contributed by atoms with Crippen LogP contribution >= 0.6 is 11.6 Å². The second-order valence-electron chi connectivity index (χ2n) is 8.36. The minimum Gasteiger partial charge on any atom is -0.382 e. The Kier molecular flexibility index (Phi) is 7.09. The van der Waals surface area contributed by atoms with E-state index < -0.39 is 29.1 Å². The lowest BCUT2D eigenvalue weighted by Gasteiger charge is -2.24. The fraction of sp³-hybridized carbons (Fsp3) is 0.167. The van der Waals surface area contributed by atoms with E-state index in [9.17, 15) is 23.6 Å². The first-order chi connectivity index (χ1) is 18.0. The van der Waals surface area contributed by atoms with E-state index in [2.05, 4.69) is 20.3 Å². The third-order valence-corrected chi connectivity index (χ3v) is 5.86. The van der Waals surface area contributed by atoms with Crippen LogP contribution in [0, 0.1) is 23.0 Å². The minimum atomic E-state index is -1.17. The molecule has 14 heteroatoms. The number of fused-ring (bicyclic) bond motifs is 1. The minimum absolute atomic E-state index is 0.00601. The molecule has 4 aromatic rings. The number of nitrogens with zero attached hydrogens (tertiary/aromatic N) is 6. The van der Waals surface area contributed by atoms with E-state index in [0.717, 1.165) is 16.7 Å². The number of amides is 1. The summed E-state index contributed by atoms with van der Waals surface area (Å²) in [6, 6.07) is 7.77. The fourth-order valence-electron chi connectivity index (χ4n) is 3.80. The van der Waals surface area contributed by atoms with Gasteiger partial charge in [-0.3, -0.25) is 14.2 Å². The van der Waals surface area contributed by atoms with Gasteiger partial charge in [-0.25, -0.2) is 13.8 Å². The number of hydrogen-bond donors (Lipinski definition) is 3. The Bertz CT molecular complexity index is 1660. The first-order valence-corrected chi connectivity index (χ1v) is 11.3. The second kappa shape index (κ2) is 10.3. The van der Waals surface area contributed by atoms with E-state index in [-0.39, 0.29) is 57.0 Å². The van der Waals surface area contributed by atoms with Gasteiger partial charge in [0.15, 0.2) is 5.82 Å². The van der Waals surface area contributed by atoms with Crippen LogP contribution in [0.4, 0.5) is 26.4 Å². The number of hydrogen-bond acceptors (Lipinski definition) is 9. The monoisotopic (exact) mass is 539 g/mol. The van der Waals surface area contributed by atoms with Crippen LogP contribution in [-0.2, 0) is 4.79 Å². The molecule has 2 aromatic carbocycles. The molecule has 0 aliphatic rings. The number of halogens is 3. The molecule has 4 rings (SSSR count). The zero-order valence-corrected chi connectivity index (χ0v) is 20.8. The molecule has 0 unspecified atom stereocenters. The highest BCUT2D eigenvalue weighted by atomic mass is 35.5. The van der Waals surface area contributed by atoms with Crippen molar-refractivity contribution in [2.45, 2.75) is 12.5 Å². The molecule has 194 valence electrons. The summed E-state index contributed by atoms with van der Waals surface area (Å²) in [5.41, 5.74) is 10.6. The van der Waals surface area contributed by atoms with Crippen molar-refractivity contribution < 1.29 is 13.6 Å². The SMILES string of the molecule is CN(C)C(=O)C[C@H](Nc1nc(N)nc(N)c1C#N)c1nc2cccc(Cl)c2c(=O)n1-c1cc(F)cc(F)c1. The first kappa shape index (κ1) is 26.2. The number of nitrogen functional groups attached to an aromatic ring is 2. The van der Waals surface area contributed by atoms with Crippen molar-refractivity contribution in [2.75, 3.05) is 30.9 Å². The van der Waals surface area contributed by atoms with Gasteiger partial charge in [-0.1, -0.05) is 17.7 Å². The molecule has 0 spiro atoms.